The summed E-state index contributed by atoms with van der Waals surface area (Å²) in [5, 5.41) is 2.67. The van der Waals surface area contributed by atoms with Crippen molar-refractivity contribution in [3.63, 3.8) is 0 Å². The van der Waals surface area contributed by atoms with E-state index in [4.69, 9.17) is 9.47 Å². The third-order valence-corrected chi connectivity index (χ3v) is 5.90. The SMILES string of the molecule is O=C(N[C@H](Cc1ccc(-c2ncnc3nc[nH]c23)cc1)C(=O)OCc1ccccc1)OCc1ccccc1. The fraction of sp³-hybridized carbons (Fsp3) is 0.138. The van der Waals surface area contributed by atoms with Gasteiger partial charge in [0.25, 0.3) is 0 Å². The average Bonchev–Trinajstić information content (AvgIpc) is 3.45. The molecule has 0 saturated carbocycles. The van der Waals surface area contributed by atoms with Crippen LogP contribution in [0.5, 0.6) is 0 Å². The first kappa shape index (κ1) is 24.6. The highest BCUT2D eigenvalue weighted by atomic mass is 16.6. The first-order chi connectivity index (χ1) is 18.7. The van der Waals surface area contributed by atoms with Crippen LogP contribution in [0.4, 0.5) is 4.79 Å². The van der Waals surface area contributed by atoms with E-state index < -0.39 is 18.1 Å². The molecule has 190 valence electrons. The molecule has 0 radical (unpaired) electrons. The molecule has 0 aliphatic rings. The number of hydrogen-bond donors (Lipinski definition) is 2. The van der Waals surface area contributed by atoms with Gasteiger partial charge in [-0.25, -0.2) is 24.5 Å². The van der Waals surface area contributed by atoms with Crippen LogP contribution in [0.1, 0.15) is 16.7 Å². The number of carbonyl (C=O) groups excluding carboxylic acids is 2. The number of nitrogens with one attached hydrogen (secondary N) is 2. The first-order valence-electron chi connectivity index (χ1n) is 12.1. The lowest BCUT2D eigenvalue weighted by molar-refractivity contribution is -0.147. The standard InChI is InChI=1S/C29H25N5O4/c35-28(37-16-21-7-3-1-4-8-21)24(34-29(36)38-17-22-9-5-2-6-10-22)15-20-11-13-23(14-12-20)25-26-27(32-18-30-25)33-19-31-26/h1-14,18-19,24H,15-17H2,(H,34,36)(H,30,31,32,33)/t24-/m1/s1. The Balaban J connectivity index is 1.28. The van der Waals surface area contributed by atoms with Crippen LogP contribution in [0.15, 0.2) is 97.6 Å². The maximum atomic E-state index is 13.0. The van der Waals surface area contributed by atoms with Gasteiger partial charge in [-0.3, -0.25) is 0 Å². The second-order valence-electron chi connectivity index (χ2n) is 8.58. The quantitative estimate of drug-likeness (QED) is 0.280. The van der Waals surface area contributed by atoms with Crippen LogP contribution in [-0.4, -0.2) is 38.0 Å². The lowest BCUT2D eigenvalue weighted by Crippen LogP contribution is -2.43. The summed E-state index contributed by atoms with van der Waals surface area (Å²) in [4.78, 5) is 41.3. The van der Waals surface area contributed by atoms with Gasteiger partial charge in [0, 0.05) is 12.0 Å². The van der Waals surface area contributed by atoms with Crippen molar-refractivity contribution in [3.8, 4) is 11.3 Å². The maximum absolute atomic E-state index is 13.0. The van der Waals surface area contributed by atoms with Crippen molar-refractivity contribution in [1.82, 2.24) is 25.3 Å². The molecule has 0 saturated heterocycles. The van der Waals surface area contributed by atoms with Gasteiger partial charge in [-0.1, -0.05) is 84.9 Å². The van der Waals surface area contributed by atoms with Gasteiger partial charge in [0.2, 0.25) is 0 Å². The van der Waals surface area contributed by atoms with Crippen LogP contribution in [0, 0.1) is 0 Å². The number of carbonyl (C=O) groups is 2. The van der Waals surface area contributed by atoms with Crippen molar-refractivity contribution in [2.24, 2.45) is 0 Å². The number of rotatable bonds is 9. The maximum Gasteiger partial charge on any atom is 0.408 e. The third-order valence-electron chi connectivity index (χ3n) is 5.90. The highest BCUT2D eigenvalue weighted by Crippen LogP contribution is 2.23. The highest BCUT2D eigenvalue weighted by molar-refractivity contribution is 5.86. The number of aromatic amines is 1. The van der Waals surface area contributed by atoms with Crippen molar-refractivity contribution < 1.29 is 19.1 Å². The fourth-order valence-electron chi connectivity index (χ4n) is 3.95. The molecule has 9 heteroatoms. The van der Waals surface area contributed by atoms with Crippen molar-refractivity contribution in [2.75, 3.05) is 0 Å². The zero-order valence-corrected chi connectivity index (χ0v) is 20.4. The minimum absolute atomic E-state index is 0.0914. The van der Waals surface area contributed by atoms with Gasteiger partial charge in [0.05, 0.1) is 12.0 Å². The second-order valence-corrected chi connectivity index (χ2v) is 8.58. The molecular weight excluding hydrogens is 482 g/mol. The monoisotopic (exact) mass is 507 g/mol. The van der Waals surface area contributed by atoms with Crippen molar-refractivity contribution in [2.45, 2.75) is 25.7 Å². The molecule has 1 atom stereocenters. The van der Waals surface area contributed by atoms with E-state index in [1.54, 1.807) is 6.33 Å². The number of benzene rings is 3. The van der Waals surface area contributed by atoms with Crippen LogP contribution < -0.4 is 5.32 Å². The molecule has 38 heavy (non-hydrogen) atoms. The van der Waals surface area contributed by atoms with Crippen LogP contribution in [0.2, 0.25) is 0 Å². The molecule has 0 spiro atoms. The minimum Gasteiger partial charge on any atom is -0.459 e. The molecule has 3 aromatic carbocycles. The molecule has 0 unspecified atom stereocenters. The van der Waals surface area contributed by atoms with Crippen molar-refractivity contribution in [3.05, 3.63) is 114 Å². The summed E-state index contributed by atoms with van der Waals surface area (Å²) < 4.78 is 10.9. The minimum atomic E-state index is -0.939. The first-order valence-corrected chi connectivity index (χ1v) is 12.1. The molecule has 2 N–H and O–H groups in total. The third kappa shape index (κ3) is 6.19. The molecule has 0 aliphatic carbocycles. The van der Waals surface area contributed by atoms with Gasteiger partial charge in [-0.15, -0.1) is 0 Å². The Hall–Kier alpha value is -5.05. The van der Waals surface area contributed by atoms with Crippen molar-refractivity contribution >= 4 is 23.2 Å². The summed E-state index contributed by atoms with van der Waals surface area (Å²) in [6.45, 7) is 0.192. The number of amides is 1. The number of H-pyrrole nitrogens is 1. The van der Waals surface area contributed by atoms with E-state index in [1.807, 2.05) is 84.9 Å². The Labute approximate surface area is 218 Å². The molecule has 2 aromatic heterocycles. The van der Waals surface area contributed by atoms with Gasteiger partial charge in [-0.05, 0) is 16.7 Å². The second kappa shape index (κ2) is 11.8. The highest BCUT2D eigenvalue weighted by Gasteiger charge is 2.24. The number of imidazole rings is 1. The Morgan fingerprint density at radius 2 is 1.42 bits per heavy atom. The molecule has 5 rings (SSSR count). The van der Waals surface area contributed by atoms with Gasteiger partial charge in [-0.2, -0.15) is 0 Å². The van der Waals surface area contributed by atoms with E-state index >= 15 is 0 Å². The van der Waals surface area contributed by atoms with E-state index in [-0.39, 0.29) is 19.6 Å². The molecule has 5 aromatic rings. The number of hydrogen-bond acceptors (Lipinski definition) is 7. The van der Waals surface area contributed by atoms with Crippen LogP contribution in [0.3, 0.4) is 0 Å². The van der Waals surface area contributed by atoms with Crippen LogP contribution >= 0.6 is 0 Å². The molecule has 0 fully saturated rings. The fourth-order valence-corrected chi connectivity index (χ4v) is 3.95. The zero-order chi connectivity index (χ0) is 26.2. The van der Waals surface area contributed by atoms with Gasteiger partial charge in [0.1, 0.15) is 31.1 Å². The number of fused-ring (bicyclic) bond motifs is 1. The van der Waals surface area contributed by atoms with E-state index in [2.05, 4.69) is 25.3 Å². The Kier molecular flexibility index (Phi) is 7.64. The molecule has 0 aliphatic heterocycles. The van der Waals surface area contributed by atoms with E-state index in [0.717, 1.165) is 33.5 Å². The molecule has 2 heterocycles. The largest absolute Gasteiger partial charge is 0.459 e. The molecule has 1 amide bonds. The zero-order valence-electron chi connectivity index (χ0n) is 20.4. The summed E-state index contributed by atoms with van der Waals surface area (Å²) in [5.74, 6) is -0.551. The normalized spacial score (nSPS) is 11.6. The Bertz CT molecular complexity index is 1500. The van der Waals surface area contributed by atoms with E-state index in [1.165, 1.54) is 6.33 Å². The number of alkyl carbamates (subject to hydrolysis) is 1. The van der Waals surface area contributed by atoms with E-state index in [9.17, 15) is 9.59 Å². The predicted molar refractivity (Wildman–Crippen MR) is 141 cm³/mol. The summed E-state index contributed by atoms with van der Waals surface area (Å²) in [6.07, 6.45) is 2.56. The van der Waals surface area contributed by atoms with E-state index in [0.29, 0.717) is 5.65 Å². The van der Waals surface area contributed by atoms with Crippen molar-refractivity contribution in [1.29, 1.82) is 0 Å². The number of esters is 1. The topological polar surface area (TPSA) is 119 Å². The summed E-state index contributed by atoms with van der Waals surface area (Å²) in [6, 6.07) is 25.3. The predicted octanol–water partition coefficient (Wildman–Crippen LogP) is 4.60. The van der Waals surface area contributed by atoms with Gasteiger partial charge < -0.3 is 19.8 Å². The molecule has 0 bridgehead atoms. The lowest BCUT2D eigenvalue weighted by Gasteiger charge is -2.18. The summed E-state index contributed by atoms with van der Waals surface area (Å²) >= 11 is 0. The van der Waals surface area contributed by atoms with Gasteiger partial charge in [0.15, 0.2) is 5.65 Å². The molecule has 9 nitrogen and oxygen atoms in total. The number of nitrogens with zero attached hydrogens (tertiary/aromatic N) is 3. The average molecular weight is 508 g/mol. The lowest BCUT2D eigenvalue weighted by atomic mass is 10.0. The smallest absolute Gasteiger partial charge is 0.408 e. The Morgan fingerprint density at radius 3 is 2.11 bits per heavy atom. The van der Waals surface area contributed by atoms with Gasteiger partial charge >= 0.3 is 12.1 Å². The summed E-state index contributed by atoms with van der Waals surface area (Å²) in [7, 11) is 0. The summed E-state index contributed by atoms with van der Waals surface area (Å²) in [5.41, 5.74) is 5.44. The number of ether oxygens (including phenoxy) is 2. The molecular formula is C29H25N5O4. The van der Waals surface area contributed by atoms with Crippen LogP contribution in [-0.2, 0) is 33.9 Å². The number of aromatic nitrogens is 4. The van der Waals surface area contributed by atoms with Crippen LogP contribution in [0.25, 0.3) is 22.4 Å². The Morgan fingerprint density at radius 1 is 0.763 bits per heavy atom.